The van der Waals surface area contributed by atoms with Crippen LogP contribution in [0.15, 0.2) is 104 Å². The third-order valence-corrected chi connectivity index (χ3v) is 9.75. The number of nitrogens with two attached hydrogens (primary N) is 1. The van der Waals surface area contributed by atoms with E-state index in [1.807, 2.05) is 86.6 Å². The van der Waals surface area contributed by atoms with E-state index in [2.05, 4.69) is 41.3 Å². The van der Waals surface area contributed by atoms with Crippen molar-refractivity contribution in [2.75, 3.05) is 5.73 Å². The maximum atomic E-state index is 12.5. The first-order chi connectivity index (χ1) is 27.5. The van der Waals surface area contributed by atoms with Crippen LogP contribution in [0.3, 0.4) is 0 Å². The molecule has 0 radical (unpaired) electrons. The highest BCUT2D eigenvalue weighted by atomic mass is 35.5. The number of benzene rings is 3. The van der Waals surface area contributed by atoms with Gasteiger partial charge in [0.25, 0.3) is 5.91 Å². The molecule has 5 aromatic heterocycles. The summed E-state index contributed by atoms with van der Waals surface area (Å²) in [4.78, 5) is 36.9. The predicted molar refractivity (Wildman–Crippen MR) is 230 cm³/mol. The molecule has 0 aliphatic rings. The number of aryl methyl sites for hydroxylation is 2. The molecule has 14 heteroatoms. The van der Waals surface area contributed by atoms with Gasteiger partial charge in [0, 0.05) is 59.3 Å². The van der Waals surface area contributed by atoms with Gasteiger partial charge in [-0.25, -0.2) is 9.97 Å². The maximum Gasteiger partial charge on any atom is 0.269 e. The number of nitrogen functional groups attached to an aromatic ring is 1. The Bertz CT molecular complexity index is 2740. The number of halogens is 4. The number of nitrogens with one attached hydrogen (secondary N) is 2. The molecule has 0 saturated heterocycles. The molecule has 57 heavy (non-hydrogen) atoms. The number of H-pyrrole nitrogens is 1. The number of hydrogen-bond donors (Lipinski definition) is 3. The highest BCUT2D eigenvalue weighted by Gasteiger charge is 2.13. The Morgan fingerprint density at radius 1 is 0.737 bits per heavy atom. The van der Waals surface area contributed by atoms with Crippen LogP contribution >= 0.6 is 46.4 Å². The SMILES string of the molecule is Cc1cc(N)nc(C)c1CNC(=O)c1cnc(Cc2ccc3ncc(Cl)cc3c2)[nH]1.ClCc1ccc2ncc(Cl)cc2c1.N#CCc1ccc2ncc(Cl)cc2c1. The molecule has 4 N–H and O–H groups in total. The number of pyridine rings is 4. The summed E-state index contributed by atoms with van der Waals surface area (Å²) in [6.07, 6.45) is 7.42. The van der Waals surface area contributed by atoms with E-state index in [9.17, 15) is 4.79 Å². The zero-order valence-corrected chi connectivity index (χ0v) is 33.8. The van der Waals surface area contributed by atoms with Gasteiger partial charge in [0.1, 0.15) is 17.3 Å². The molecule has 5 heterocycles. The number of anilines is 1. The topological polar surface area (TPSA) is 159 Å². The molecule has 0 atom stereocenters. The second-order valence-electron chi connectivity index (χ2n) is 13.0. The Morgan fingerprint density at radius 2 is 1.26 bits per heavy atom. The van der Waals surface area contributed by atoms with Crippen molar-refractivity contribution in [3.8, 4) is 6.07 Å². The molecule has 0 aliphatic heterocycles. The maximum absolute atomic E-state index is 12.5. The number of carbonyl (C=O) groups is 1. The van der Waals surface area contributed by atoms with Gasteiger partial charge in [0.2, 0.25) is 0 Å². The minimum atomic E-state index is -0.223. The number of aromatic nitrogens is 6. The normalized spacial score (nSPS) is 10.7. The minimum Gasteiger partial charge on any atom is -0.384 e. The molecule has 0 saturated carbocycles. The fourth-order valence-electron chi connectivity index (χ4n) is 6.04. The molecule has 3 aromatic carbocycles. The standard InChI is InChI=1S/C22H21ClN6O.C11H7ClN2.C10H7Cl2N/c1-12-5-20(24)28-13(2)17(12)10-27-22(30)19-11-26-21(29-19)7-14-3-4-18-15(6-14)8-16(23)9-25-18;12-10-6-9-5-8(3-4-13)1-2-11(9)14-7-10;11-5-7-1-2-10-8(3-7)4-9(12)6-13-10/h3-6,8-9,11H,7,10H2,1-2H3,(H2,24,28)(H,26,29)(H,27,30);1-2,5-7H,3H2;1-4,6H,5H2. The number of fused-ring (bicyclic) bond motifs is 3. The van der Waals surface area contributed by atoms with Gasteiger partial charge >= 0.3 is 0 Å². The van der Waals surface area contributed by atoms with E-state index in [1.165, 1.54) is 0 Å². The number of alkyl halides is 1. The van der Waals surface area contributed by atoms with Crippen LogP contribution in [0, 0.1) is 25.2 Å². The van der Waals surface area contributed by atoms with Crippen LogP contribution < -0.4 is 11.1 Å². The van der Waals surface area contributed by atoms with Crippen LogP contribution in [0.2, 0.25) is 15.1 Å². The zero-order chi connectivity index (χ0) is 40.5. The van der Waals surface area contributed by atoms with Crippen molar-refractivity contribution in [1.82, 2.24) is 35.2 Å². The van der Waals surface area contributed by atoms with Crippen LogP contribution in [0.25, 0.3) is 32.7 Å². The molecule has 8 aromatic rings. The molecule has 0 spiro atoms. The van der Waals surface area contributed by atoms with E-state index in [0.29, 0.717) is 57.7 Å². The van der Waals surface area contributed by atoms with E-state index in [0.717, 1.165) is 66.2 Å². The third kappa shape index (κ3) is 10.9. The lowest BCUT2D eigenvalue weighted by atomic mass is 10.1. The fourth-order valence-corrected chi connectivity index (χ4v) is 6.70. The highest BCUT2D eigenvalue weighted by molar-refractivity contribution is 6.31. The highest BCUT2D eigenvalue weighted by Crippen LogP contribution is 2.22. The van der Waals surface area contributed by atoms with E-state index >= 15 is 0 Å². The van der Waals surface area contributed by atoms with E-state index in [1.54, 1.807) is 30.9 Å². The Morgan fingerprint density at radius 3 is 1.81 bits per heavy atom. The van der Waals surface area contributed by atoms with Gasteiger partial charge in [-0.05, 0) is 102 Å². The van der Waals surface area contributed by atoms with Crippen molar-refractivity contribution in [1.29, 1.82) is 5.26 Å². The summed E-state index contributed by atoms with van der Waals surface area (Å²) in [7, 11) is 0. The zero-order valence-electron chi connectivity index (χ0n) is 30.8. The Kier molecular flexibility index (Phi) is 13.5. The van der Waals surface area contributed by atoms with Gasteiger partial charge < -0.3 is 16.0 Å². The molecular formula is C43H35Cl4N9O. The number of aromatic amines is 1. The van der Waals surface area contributed by atoms with Gasteiger partial charge in [0.05, 0.1) is 50.3 Å². The van der Waals surface area contributed by atoms with Crippen LogP contribution in [-0.4, -0.2) is 35.8 Å². The lowest BCUT2D eigenvalue weighted by Gasteiger charge is -2.11. The summed E-state index contributed by atoms with van der Waals surface area (Å²) < 4.78 is 0. The van der Waals surface area contributed by atoms with Gasteiger partial charge in [-0.1, -0.05) is 53.0 Å². The summed E-state index contributed by atoms with van der Waals surface area (Å²) in [6.45, 7) is 4.20. The summed E-state index contributed by atoms with van der Waals surface area (Å²) >= 11 is 23.4. The van der Waals surface area contributed by atoms with E-state index in [4.69, 9.17) is 57.4 Å². The van der Waals surface area contributed by atoms with Crippen LogP contribution in [0.4, 0.5) is 5.82 Å². The first kappa shape index (κ1) is 40.8. The van der Waals surface area contributed by atoms with Crippen LogP contribution in [-0.2, 0) is 25.3 Å². The number of hydrogen-bond acceptors (Lipinski definition) is 8. The molecule has 286 valence electrons. The summed E-state index contributed by atoms with van der Waals surface area (Å²) in [5.74, 6) is 1.47. The van der Waals surface area contributed by atoms with Crippen molar-refractivity contribution in [3.05, 3.63) is 164 Å². The van der Waals surface area contributed by atoms with Crippen LogP contribution in [0.5, 0.6) is 0 Å². The monoisotopic (exact) mass is 833 g/mol. The Labute approximate surface area is 349 Å². The molecule has 10 nitrogen and oxygen atoms in total. The minimum absolute atomic E-state index is 0.223. The lowest BCUT2D eigenvalue weighted by molar-refractivity contribution is 0.0946. The van der Waals surface area contributed by atoms with Crippen molar-refractivity contribution in [2.24, 2.45) is 0 Å². The number of carbonyl (C=O) groups excluding carboxylic acids is 1. The Balaban J connectivity index is 0.000000167. The molecule has 1 amide bonds. The average Bonchev–Trinajstić information content (AvgIpc) is 3.66. The largest absolute Gasteiger partial charge is 0.384 e. The third-order valence-electron chi connectivity index (χ3n) is 8.82. The first-order valence-corrected chi connectivity index (χ1v) is 19.2. The van der Waals surface area contributed by atoms with Crippen molar-refractivity contribution in [3.63, 3.8) is 0 Å². The molecule has 8 rings (SSSR count). The molecule has 0 bridgehead atoms. The second-order valence-corrected chi connectivity index (χ2v) is 14.6. The summed E-state index contributed by atoms with van der Waals surface area (Å²) in [5, 5.41) is 16.3. The number of nitrogens with zero attached hydrogens (tertiary/aromatic N) is 6. The first-order valence-electron chi connectivity index (χ1n) is 17.6. The van der Waals surface area contributed by atoms with Crippen LogP contribution in [0.1, 0.15) is 49.8 Å². The second kappa shape index (κ2) is 18.9. The fraction of sp³-hybridized carbons (Fsp3) is 0.140. The molecular weight excluding hydrogens is 800 g/mol. The lowest BCUT2D eigenvalue weighted by Crippen LogP contribution is -2.24. The molecule has 0 unspecified atom stereocenters. The van der Waals surface area contributed by atoms with Gasteiger partial charge in [0.15, 0.2) is 0 Å². The summed E-state index contributed by atoms with van der Waals surface area (Å²) in [5.41, 5.74) is 14.8. The average molecular weight is 836 g/mol. The number of nitriles is 1. The quantitative estimate of drug-likeness (QED) is 0.134. The van der Waals surface area contributed by atoms with Gasteiger partial charge in [-0.3, -0.25) is 19.7 Å². The smallest absolute Gasteiger partial charge is 0.269 e. The van der Waals surface area contributed by atoms with Crippen molar-refractivity contribution >= 4 is 90.8 Å². The summed E-state index contributed by atoms with van der Waals surface area (Å²) in [6, 6.07) is 27.2. The molecule has 0 fully saturated rings. The van der Waals surface area contributed by atoms with Gasteiger partial charge in [-0.15, -0.1) is 11.6 Å². The van der Waals surface area contributed by atoms with Crippen molar-refractivity contribution in [2.45, 2.75) is 39.1 Å². The van der Waals surface area contributed by atoms with Crippen molar-refractivity contribution < 1.29 is 4.79 Å². The number of rotatable bonds is 7. The predicted octanol–water partition coefficient (Wildman–Crippen LogP) is 10.3. The Hall–Kier alpha value is -5.83. The number of imidazole rings is 1. The van der Waals surface area contributed by atoms with E-state index < -0.39 is 0 Å². The van der Waals surface area contributed by atoms with E-state index in [-0.39, 0.29) is 5.91 Å². The number of amides is 1. The molecule has 0 aliphatic carbocycles. The van der Waals surface area contributed by atoms with Gasteiger partial charge in [-0.2, -0.15) is 5.26 Å².